The Kier molecular flexibility index (Phi) is 6.07. The van der Waals surface area contributed by atoms with Gasteiger partial charge in [0.15, 0.2) is 0 Å². The third kappa shape index (κ3) is 4.32. The van der Waals surface area contributed by atoms with Crippen molar-refractivity contribution in [3.05, 3.63) is 71.3 Å². The molecule has 0 saturated heterocycles. The van der Waals surface area contributed by atoms with Crippen LogP contribution in [-0.4, -0.2) is 41.5 Å². The molecule has 6 heteroatoms. The minimum absolute atomic E-state index is 0.106. The van der Waals surface area contributed by atoms with Gasteiger partial charge in [-0.25, -0.2) is 0 Å². The molecule has 0 atom stereocenters. The average molecular weight is 368 g/mol. The number of fused-ring (bicyclic) bond motifs is 1. The Morgan fingerprint density at radius 1 is 0.923 bits per heavy atom. The highest BCUT2D eigenvalue weighted by atomic mass is 32.2. The van der Waals surface area contributed by atoms with Crippen LogP contribution in [0.15, 0.2) is 54.6 Å². The molecule has 0 saturated carbocycles. The van der Waals surface area contributed by atoms with E-state index in [9.17, 15) is 14.4 Å². The van der Waals surface area contributed by atoms with Crippen LogP contribution in [-0.2, 0) is 10.5 Å². The van der Waals surface area contributed by atoms with E-state index in [1.165, 1.54) is 5.56 Å². The summed E-state index contributed by atoms with van der Waals surface area (Å²) in [5.41, 5.74) is 2.08. The third-order valence-electron chi connectivity index (χ3n) is 4.12. The summed E-state index contributed by atoms with van der Waals surface area (Å²) < 4.78 is 0. The van der Waals surface area contributed by atoms with Crippen LogP contribution in [0.25, 0.3) is 0 Å². The molecule has 0 bridgehead atoms. The molecular formula is C20H20N2O3S. The summed E-state index contributed by atoms with van der Waals surface area (Å²) in [6.45, 7) is 0.674. The molecule has 0 aliphatic carbocycles. The van der Waals surface area contributed by atoms with Gasteiger partial charge in [0.2, 0.25) is 5.91 Å². The van der Waals surface area contributed by atoms with Crippen LogP contribution in [0.5, 0.6) is 0 Å². The summed E-state index contributed by atoms with van der Waals surface area (Å²) in [4.78, 5) is 37.5. The van der Waals surface area contributed by atoms with Crippen molar-refractivity contribution >= 4 is 29.5 Å². The minimum atomic E-state index is -0.322. The molecule has 3 rings (SSSR count). The second kappa shape index (κ2) is 8.67. The van der Waals surface area contributed by atoms with E-state index in [-0.39, 0.29) is 30.7 Å². The Morgan fingerprint density at radius 3 is 2.19 bits per heavy atom. The van der Waals surface area contributed by atoms with Crippen molar-refractivity contribution in [2.24, 2.45) is 0 Å². The van der Waals surface area contributed by atoms with Crippen molar-refractivity contribution < 1.29 is 14.4 Å². The van der Waals surface area contributed by atoms with Crippen molar-refractivity contribution in [3.8, 4) is 0 Å². The molecule has 2 aromatic rings. The Morgan fingerprint density at radius 2 is 1.54 bits per heavy atom. The lowest BCUT2D eigenvalue weighted by molar-refractivity contribution is -0.121. The first-order chi connectivity index (χ1) is 12.7. The lowest BCUT2D eigenvalue weighted by Gasteiger charge is -2.13. The van der Waals surface area contributed by atoms with Crippen molar-refractivity contribution in [3.63, 3.8) is 0 Å². The molecule has 1 N–H and O–H groups in total. The predicted octanol–water partition coefficient (Wildman–Crippen LogP) is 2.72. The van der Waals surface area contributed by atoms with Crippen molar-refractivity contribution in [1.29, 1.82) is 0 Å². The van der Waals surface area contributed by atoms with Gasteiger partial charge in [0.25, 0.3) is 11.8 Å². The monoisotopic (exact) mass is 368 g/mol. The highest BCUT2D eigenvalue weighted by molar-refractivity contribution is 7.98. The Labute approximate surface area is 156 Å². The zero-order valence-corrected chi connectivity index (χ0v) is 15.1. The van der Waals surface area contributed by atoms with Crippen LogP contribution < -0.4 is 5.32 Å². The van der Waals surface area contributed by atoms with Crippen molar-refractivity contribution in [2.75, 3.05) is 18.8 Å². The van der Waals surface area contributed by atoms with Crippen LogP contribution in [0.4, 0.5) is 0 Å². The maximum Gasteiger partial charge on any atom is 0.261 e. The van der Waals surface area contributed by atoms with Gasteiger partial charge in [-0.3, -0.25) is 19.3 Å². The van der Waals surface area contributed by atoms with Gasteiger partial charge in [-0.2, -0.15) is 11.8 Å². The van der Waals surface area contributed by atoms with Gasteiger partial charge >= 0.3 is 0 Å². The average Bonchev–Trinajstić information content (AvgIpc) is 2.91. The highest BCUT2D eigenvalue weighted by Gasteiger charge is 2.34. The topological polar surface area (TPSA) is 66.5 Å². The number of carbonyl (C=O) groups is 3. The summed E-state index contributed by atoms with van der Waals surface area (Å²) in [6.07, 6.45) is 0.120. The predicted molar refractivity (Wildman–Crippen MR) is 102 cm³/mol. The number of imide groups is 1. The smallest absolute Gasteiger partial charge is 0.261 e. The fourth-order valence-corrected chi connectivity index (χ4v) is 3.59. The Balaban J connectivity index is 1.36. The number of rotatable bonds is 8. The zero-order chi connectivity index (χ0) is 18.4. The van der Waals surface area contributed by atoms with Crippen LogP contribution >= 0.6 is 11.8 Å². The quantitative estimate of drug-likeness (QED) is 0.575. The van der Waals surface area contributed by atoms with Crippen LogP contribution in [0, 0.1) is 0 Å². The molecular weight excluding hydrogens is 348 g/mol. The largest absolute Gasteiger partial charge is 0.355 e. The van der Waals surface area contributed by atoms with E-state index in [0.29, 0.717) is 17.7 Å². The number of benzene rings is 2. The van der Waals surface area contributed by atoms with Gasteiger partial charge in [-0.05, 0) is 17.7 Å². The maximum absolute atomic E-state index is 12.2. The fourth-order valence-electron chi connectivity index (χ4n) is 2.77. The van der Waals surface area contributed by atoms with Crippen LogP contribution in [0.1, 0.15) is 32.7 Å². The van der Waals surface area contributed by atoms with E-state index in [4.69, 9.17) is 0 Å². The van der Waals surface area contributed by atoms with Gasteiger partial charge in [-0.1, -0.05) is 42.5 Å². The molecule has 3 amide bonds. The number of hydrogen-bond donors (Lipinski definition) is 1. The van der Waals surface area contributed by atoms with Gasteiger partial charge in [0.05, 0.1) is 11.1 Å². The molecule has 0 unspecified atom stereocenters. The van der Waals surface area contributed by atoms with Crippen molar-refractivity contribution in [2.45, 2.75) is 12.2 Å². The molecule has 0 fully saturated rings. The number of nitrogens with one attached hydrogen (secondary N) is 1. The molecule has 0 aromatic heterocycles. The third-order valence-corrected chi connectivity index (χ3v) is 5.15. The first-order valence-electron chi connectivity index (χ1n) is 8.50. The SMILES string of the molecule is O=C(CCN1C(=O)c2ccccc2C1=O)NCCSCc1ccccc1. The standard InChI is InChI=1S/C20H20N2O3S/c23-18(21-11-13-26-14-15-6-2-1-3-7-15)10-12-22-19(24)16-8-4-5-9-17(16)20(22)25/h1-9H,10-14H2,(H,21,23). The van der Waals surface area contributed by atoms with Crippen molar-refractivity contribution in [1.82, 2.24) is 10.2 Å². The minimum Gasteiger partial charge on any atom is -0.355 e. The molecule has 2 aromatic carbocycles. The lowest BCUT2D eigenvalue weighted by Crippen LogP contribution is -2.35. The van der Waals surface area contributed by atoms with Crippen LogP contribution in [0.3, 0.4) is 0 Å². The van der Waals surface area contributed by atoms with E-state index >= 15 is 0 Å². The highest BCUT2D eigenvalue weighted by Crippen LogP contribution is 2.22. The summed E-state index contributed by atoms with van der Waals surface area (Å²) in [5.74, 6) is 0.926. The van der Waals surface area contributed by atoms with Gasteiger partial charge in [0, 0.05) is 31.0 Å². The van der Waals surface area contributed by atoms with E-state index in [1.807, 2.05) is 18.2 Å². The normalized spacial score (nSPS) is 13.0. The number of nitrogens with zero attached hydrogens (tertiary/aromatic N) is 1. The zero-order valence-electron chi connectivity index (χ0n) is 14.3. The maximum atomic E-state index is 12.2. The summed E-state index contributed by atoms with van der Waals surface area (Å²) >= 11 is 1.75. The molecule has 1 heterocycles. The Bertz CT molecular complexity index is 773. The molecule has 5 nitrogen and oxygen atoms in total. The summed E-state index contributed by atoms with van der Waals surface area (Å²) in [6, 6.07) is 16.9. The molecule has 0 spiro atoms. The summed E-state index contributed by atoms with van der Waals surface area (Å²) in [5, 5.41) is 2.83. The second-order valence-corrected chi connectivity index (χ2v) is 7.05. The number of amides is 3. The first-order valence-corrected chi connectivity index (χ1v) is 9.66. The molecule has 1 aliphatic rings. The molecule has 26 heavy (non-hydrogen) atoms. The van der Waals surface area contributed by atoms with Gasteiger partial charge < -0.3 is 5.32 Å². The second-order valence-electron chi connectivity index (χ2n) is 5.95. The fraction of sp³-hybridized carbons (Fsp3) is 0.250. The van der Waals surface area contributed by atoms with Gasteiger partial charge in [-0.15, -0.1) is 0 Å². The lowest BCUT2D eigenvalue weighted by atomic mass is 10.1. The number of hydrogen-bond acceptors (Lipinski definition) is 4. The van der Waals surface area contributed by atoms with Gasteiger partial charge in [0.1, 0.15) is 0 Å². The van der Waals surface area contributed by atoms with E-state index in [2.05, 4.69) is 17.4 Å². The number of thioether (sulfide) groups is 1. The molecule has 1 aliphatic heterocycles. The Hall–Kier alpha value is -2.60. The first kappa shape index (κ1) is 18.2. The summed E-state index contributed by atoms with van der Waals surface area (Å²) in [7, 11) is 0. The van der Waals surface area contributed by atoms with E-state index in [1.54, 1.807) is 36.0 Å². The van der Waals surface area contributed by atoms with E-state index in [0.717, 1.165) is 16.4 Å². The molecule has 134 valence electrons. The number of carbonyl (C=O) groups excluding carboxylic acids is 3. The van der Waals surface area contributed by atoms with E-state index < -0.39 is 0 Å². The van der Waals surface area contributed by atoms with Crippen LogP contribution in [0.2, 0.25) is 0 Å². The molecule has 0 radical (unpaired) electrons.